The van der Waals surface area contributed by atoms with Crippen LogP contribution in [0.3, 0.4) is 0 Å². The summed E-state index contributed by atoms with van der Waals surface area (Å²) in [6.45, 7) is 2.64. The molecule has 0 unspecified atom stereocenters. The fraction of sp³-hybridized carbons (Fsp3) is 0.462. The molecule has 0 radical (unpaired) electrons. The molecule has 0 aliphatic heterocycles. The molecule has 0 fully saturated rings. The number of thiophene rings is 1. The van der Waals surface area contributed by atoms with E-state index in [9.17, 15) is 4.79 Å². The zero-order valence-electron chi connectivity index (χ0n) is 9.90. The van der Waals surface area contributed by atoms with Crippen molar-refractivity contribution in [3.05, 3.63) is 22.4 Å². The second-order valence-electron chi connectivity index (χ2n) is 3.25. The van der Waals surface area contributed by atoms with Crippen LogP contribution in [0, 0.1) is 11.8 Å². The van der Waals surface area contributed by atoms with Gasteiger partial charge in [0.15, 0.2) is 6.61 Å². The van der Waals surface area contributed by atoms with Crippen molar-refractivity contribution in [3.63, 3.8) is 0 Å². The van der Waals surface area contributed by atoms with E-state index in [-0.39, 0.29) is 19.2 Å². The van der Waals surface area contributed by atoms with Gasteiger partial charge in [0.2, 0.25) is 0 Å². The molecule has 1 aromatic heterocycles. The van der Waals surface area contributed by atoms with Crippen molar-refractivity contribution >= 4 is 17.3 Å². The summed E-state index contributed by atoms with van der Waals surface area (Å²) in [6, 6.07) is 4.05. The minimum Gasteiger partial charge on any atom is -0.451 e. The monoisotopic (exact) mass is 252 g/mol. The lowest BCUT2D eigenvalue weighted by Crippen LogP contribution is -2.14. The van der Waals surface area contributed by atoms with E-state index in [0.717, 1.165) is 12.8 Å². The van der Waals surface area contributed by atoms with Crippen LogP contribution in [0.1, 0.15) is 18.2 Å². The highest BCUT2D eigenvalue weighted by Crippen LogP contribution is 2.08. The minimum atomic E-state index is -0.360. The SMILES string of the molecule is CCC#CCOC(=O)COCCc1cccs1. The van der Waals surface area contributed by atoms with Crippen molar-refractivity contribution in [1.82, 2.24) is 0 Å². The van der Waals surface area contributed by atoms with E-state index in [2.05, 4.69) is 11.8 Å². The molecule has 0 amide bonds. The van der Waals surface area contributed by atoms with E-state index < -0.39 is 0 Å². The van der Waals surface area contributed by atoms with E-state index in [1.807, 2.05) is 24.4 Å². The van der Waals surface area contributed by atoms with Crippen molar-refractivity contribution in [2.24, 2.45) is 0 Å². The molecule has 1 heterocycles. The molecule has 3 nitrogen and oxygen atoms in total. The van der Waals surface area contributed by atoms with Gasteiger partial charge >= 0.3 is 5.97 Å². The van der Waals surface area contributed by atoms with Gasteiger partial charge in [0, 0.05) is 17.7 Å². The Kier molecular flexibility index (Phi) is 7.12. The summed E-state index contributed by atoms with van der Waals surface area (Å²) in [6.07, 6.45) is 1.61. The van der Waals surface area contributed by atoms with Gasteiger partial charge in [-0.05, 0) is 11.4 Å². The Morgan fingerprint density at radius 2 is 2.35 bits per heavy atom. The first-order valence-corrected chi connectivity index (χ1v) is 6.42. The first-order valence-electron chi connectivity index (χ1n) is 5.54. The molecular formula is C13H16O3S. The molecule has 0 spiro atoms. The van der Waals surface area contributed by atoms with Crippen LogP contribution < -0.4 is 0 Å². The lowest BCUT2D eigenvalue weighted by atomic mass is 10.4. The minimum absolute atomic E-state index is 0.000813. The second kappa shape index (κ2) is 8.80. The Balaban J connectivity index is 2.00. The molecule has 0 N–H and O–H groups in total. The van der Waals surface area contributed by atoms with Gasteiger partial charge in [-0.1, -0.05) is 18.9 Å². The van der Waals surface area contributed by atoms with Crippen LogP contribution in [0.4, 0.5) is 0 Å². The molecule has 17 heavy (non-hydrogen) atoms. The topological polar surface area (TPSA) is 35.5 Å². The summed E-state index contributed by atoms with van der Waals surface area (Å²) in [4.78, 5) is 12.4. The average molecular weight is 252 g/mol. The van der Waals surface area contributed by atoms with Gasteiger partial charge in [0.1, 0.15) is 6.61 Å². The Bertz CT molecular complexity index is 373. The number of ether oxygens (including phenoxy) is 2. The molecule has 92 valence electrons. The van der Waals surface area contributed by atoms with Crippen LogP contribution in [-0.2, 0) is 20.7 Å². The smallest absolute Gasteiger partial charge is 0.333 e. The summed E-state index contributed by atoms with van der Waals surface area (Å²) < 4.78 is 10.1. The number of hydrogen-bond donors (Lipinski definition) is 0. The van der Waals surface area contributed by atoms with Crippen molar-refractivity contribution < 1.29 is 14.3 Å². The standard InChI is InChI=1S/C13H16O3S/c1-2-3-4-8-16-13(14)11-15-9-7-12-6-5-10-17-12/h5-6,10H,2,7-9,11H2,1H3. The molecule has 0 aromatic carbocycles. The molecule has 1 aromatic rings. The third-order valence-corrected chi connectivity index (χ3v) is 2.84. The van der Waals surface area contributed by atoms with Crippen LogP contribution in [0.5, 0.6) is 0 Å². The van der Waals surface area contributed by atoms with E-state index >= 15 is 0 Å². The molecule has 1 rings (SSSR count). The summed E-state index contributed by atoms with van der Waals surface area (Å²) in [5, 5.41) is 2.02. The van der Waals surface area contributed by atoms with Gasteiger partial charge in [0.05, 0.1) is 6.61 Å². The highest BCUT2D eigenvalue weighted by molar-refractivity contribution is 7.09. The zero-order valence-corrected chi connectivity index (χ0v) is 10.7. The normalized spacial score (nSPS) is 9.47. The van der Waals surface area contributed by atoms with Crippen LogP contribution in [-0.4, -0.2) is 25.8 Å². The van der Waals surface area contributed by atoms with Crippen LogP contribution in [0.2, 0.25) is 0 Å². The Morgan fingerprint density at radius 1 is 1.47 bits per heavy atom. The van der Waals surface area contributed by atoms with Crippen molar-refractivity contribution in [3.8, 4) is 11.8 Å². The fourth-order valence-electron chi connectivity index (χ4n) is 1.12. The van der Waals surface area contributed by atoms with Gasteiger partial charge in [-0.2, -0.15) is 0 Å². The predicted octanol–water partition coefficient (Wildman–Crippen LogP) is 2.26. The average Bonchev–Trinajstić information content (AvgIpc) is 2.83. The molecule has 0 bridgehead atoms. The number of rotatable bonds is 6. The van der Waals surface area contributed by atoms with Crippen molar-refractivity contribution in [1.29, 1.82) is 0 Å². The maximum atomic E-state index is 11.2. The molecule has 0 saturated heterocycles. The summed E-state index contributed by atoms with van der Waals surface area (Å²) >= 11 is 1.69. The molecule has 4 heteroatoms. The van der Waals surface area contributed by atoms with Crippen molar-refractivity contribution in [2.45, 2.75) is 19.8 Å². The van der Waals surface area contributed by atoms with E-state index in [0.29, 0.717) is 6.61 Å². The van der Waals surface area contributed by atoms with Crippen LogP contribution in [0.15, 0.2) is 17.5 Å². The molecule has 0 aliphatic rings. The van der Waals surface area contributed by atoms with Gasteiger partial charge in [-0.25, -0.2) is 4.79 Å². The largest absolute Gasteiger partial charge is 0.451 e. The number of hydrogen-bond acceptors (Lipinski definition) is 4. The van der Waals surface area contributed by atoms with Crippen LogP contribution >= 0.6 is 11.3 Å². The highest BCUT2D eigenvalue weighted by Gasteiger charge is 2.01. The maximum absolute atomic E-state index is 11.2. The third-order valence-electron chi connectivity index (χ3n) is 1.90. The Hall–Kier alpha value is -1.31. The third kappa shape index (κ3) is 6.77. The van der Waals surface area contributed by atoms with E-state index in [1.165, 1.54) is 4.88 Å². The maximum Gasteiger partial charge on any atom is 0.333 e. The summed E-state index contributed by atoms with van der Waals surface area (Å²) in [5.74, 6) is 5.19. The van der Waals surface area contributed by atoms with E-state index in [4.69, 9.17) is 9.47 Å². The quantitative estimate of drug-likeness (QED) is 0.442. The van der Waals surface area contributed by atoms with Crippen molar-refractivity contribution in [2.75, 3.05) is 19.8 Å². The zero-order chi connectivity index (χ0) is 12.3. The highest BCUT2D eigenvalue weighted by atomic mass is 32.1. The predicted molar refractivity (Wildman–Crippen MR) is 67.9 cm³/mol. The van der Waals surface area contributed by atoms with Gasteiger partial charge in [-0.3, -0.25) is 0 Å². The fourth-order valence-corrected chi connectivity index (χ4v) is 1.81. The first-order chi connectivity index (χ1) is 8.33. The second-order valence-corrected chi connectivity index (χ2v) is 4.28. The first kappa shape index (κ1) is 13.8. The van der Waals surface area contributed by atoms with Crippen LogP contribution in [0.25, 0.3) is 0 Å². The summed E-state index contributed by atoms with van der Waals surface area (Å²) in [7, 11) is 0. The number of carbonyl (C=O) groups is 1. The van der Waals surface area contributed by atoms with Gasteiger partial charge in [0.25, 0.3) is 0 Å². The lowest BCUT2D eigenvalue weighted by molar-refractivity contribution is -0.147. The summed E-state index contributed by atoms with van der Waals surface area (Å²) in [5.41, 5.74) is 0. The molecule has 0 atom stereocenters. The van der Waals surface area contributed by atoms with E-state index in [1.54, 1.807) is 11.3 Å². The molecular weight excluding hydrogens is 236 g/mol. The Labute approximate surface area is 106 Å². The number of carbonyl (C=O) groups excluding carboxylic acids is 1. The lowest BCUT2D eigenvalue weighted by Gasteiger charge is -2.02. The number of esters is 1. The Morgan fingerprint density at radius 3 is 3.06 bits per heavy atom. The van der Waals surface area contributed by atoms with Gasteiger partial charge < -0.3 is 9.47 Å². The van der Waals surface area contributed by atoms with Gasteiger partial charge in [-0.15, -0.1) is 17.3 Å². The molecule has 0 aliphatic carbocycles. The molecule has 0 saturated carbocycles.